The van der Waals surface area contributed by atoms with Gasteiger partial charge in [-0.2, -0.15) is 9.67 Å². The van der Waals surface area contributed by atoms with Crippen molar-refractivity contribution in [2.45, 2.75) is 38.3 Å². The molecule has 8 nitrogen and oxygen atoms in total. The number of aromatic nitrogens is 5. The standard InChI is InChI=1S/C17H20N6O2/c1-2-25-14-7-4-12(5-8-14)23-16-15(21-22-23)10-18-17(20-16)19-11-3-6-13(24)9-11/h4-5,7-8,10-11,13,24H,2-3,6,9H2,1H3,(H,18,19,20). The molecule has 0 bridgehead atoms. The van der Waals surface area contributed by atoms with E-state index in [9.17, 15) is 5.11 Å². The summed E-state index contributed by atoms with van der Waals surface area (Å²) < 4.78 is 7.15. The van der Waals surface area contributed by atoms with E-state index in [0.717, 1.165) is 30.7 Å². The number of rotatable bonds is 5. The second-order valence-corrected chi connectivity index (χ2v) is 6.14. The first kappa shape index (κ1) is 15.8. The topological polar surface area (TPSA) is 98.0 Å². The van der Waals surface area contributed by atoms with Crippen LogP contribution in [0.25, 0.3) is 16.9 Å². The third-order valence-electron chi connectivity index (χ3n) is 4.32. The Hall–Kier alpha value is -2.74. The lowest BCUT2D eigenvalue weighted by atomic mass is 10.2. The summed E-state index contributed by atoms with van der Waals surface area (Å²) in [6.45, 7) is 2.58. The molecule has 2 unspecified atom stereocenters. The van der Waals surface area contributed by atoms with Crippen LogP contribution < -0.4 is 10.1 Å². The molecule has 2 N–H and O–H groups in total. The van der Waals surface area contributed by atoms with E-state index in [1.54, 1.807) is 10.9 Å². The minimum Gasteiger partial charge on any atom is -0.494 e. The van der Waals surface area contributed by atoms with Crippen LogP contribution >= 0.6 is 0 Å². The van der Waals surface area contributed by atoms with Crippen molar-refractivity contribution in [2.75, 3.05) is 11.9 Å². The first-order valence-corrected chi connectivity index (χ1v) is 8.49. The first-order chi connectivity index (χ1) is 12.2. The van der Waals surface area contributed by atoms with Gasteiger partial charge in [-0.25, -0.2) is 4.98 Å². The van der Waals surface area contributed by atoms with Crippen LogP contribution in [0.5, 0.6) is 5.75 Å². The van der Waals surface area contributed by atoms with Crippen LogP contribution in [0, 0.1) is 0 Å². The molecule has 1 aromatic carbocycles. The van der Waals surface area contributed by atoms with Gasteiger partial charge in [-0.1, -0.05) is 5.21 Å². The summed E-state index contributed by atoms with van der Waals surface area (Å²) in [6.07, 6.45) is 3.87. The molecule has 2 atom stereocenters. The molecular formula is C17H20N6O2. The summed E-state index contributed by atoms with van der Waals surface area (Å²) in [7, 11) is 0. The molecule has 1 fully saturated rings. The number of hydrogen-bond donors (Lipinski definition) is 2. The highest BCUT2D eigenvalue weighted by Gasteiger charge is 2.23. The van der Waals surface area contributed by atoms with Crippen LogP contribution in [0.3, 0.4) is 0 Å². The van der Waals surface area contributed by atoms with Crippen LogP contribution in [-0.4, -0.2) is 48.8 Å². The van der Waals surface area contributed by atoms with E-state index >= 15 is 0 Å². The van der Waals surface area contributed by atoms with Crippen LogP contribution in [0.2, 0.25) is 0 Å². The number of nitrogens with zero attached hydrogens (tertiary/aromatic N) is 5. The van der Waals surface area contributed by atoms with Gasteiger partial charge in [0.25, 0.3) is 0 Å². The number of fused-ring (bicyclic) bond motifs is 1. The normalized spacial score (nSPS) is 20.1. The van der Waals surface area contributed by atoms with E-state index in [2.05, 4.69) is 25.6 Å². The summed E-state index contributed by atoms with van der Waals surface area (Å²) in [4.78, 5) is 8.86. The van der Waals surface area contributed by atoms with E-state index < -0.39 is 0 Å². The van der Waals surface area contributed by atoms with Crippen molar-refractivity contribution < 1.29 is 9.84 Å². The van der Waals surface area contributed by atoms with Crippen molar-refractivity contribution in [3.63, 3.8) is 0 Å². The molecule has 0 saturated heterocycles. The van der Waals surface area contributed by atoms with Crippen LogP contribution in [0.4, 0.5) is 5.95 Å². The number of aliphatic hydroxyl groups excluding tert-OH is 1. The maximum atomic E-state index is 9.65. The zero-order chi connectivity index (χ0) is 17.2. The molecule has 1 aliphatic rings. The molecule has 0 radical (unpaired) electrons. The lowest BCUT2D eigenvalue weighted by molar-refractivity contribution is 0.182. The van der Waals surface area contributed by atoms with E-state index in [0.29, 0.717) is 23.7 Å². The number of anilines is 1. The second-order valence-electron chi connectivity index (χ2n) is 6.14. The number of hydrogen-bond acceptors (Lipinski definition) is 7. The van der Waals surface area contributed by atoms with Crippen molar-refractivity contribution in [2.24, 2.45) is 0 Å². The first-order valence-electron chi connectivity index (χ1n) is 8.49. The average molecular weight is 340 g/mol. The summed E-state index contributed by atoms with van der Waals surface area (Å²) in [5.74, 6) is 1.34. The fourth-order valence-corrected chi connectivity index (χ4v) is 3.09. The third-order valence-corrected chi connectivity index (χ3v) is 4.32. The van der Waals surface area contributed by atoms with Crippen molar-refractivity contribution in [1.82, 2.24) is 25.0 Å². The lowest BCUT2D eigenvalue weighted by Gasteiger charge is -2.11. The van der Waals surface area contributed by atoms with Crippen LogP contribution in [0.1, 0.15) is 26.2 Å². The number of aliphatic hydroxyl groups is 1. The van der Waals surface area contributed by atoms with Gasteiger partial charge in [0.2, 0.25) is 5.95 Å². The molecule has 1 aliphatic carbocycles. The molecule has 8 heteroatoms. The molecule has 0 aliphatic heterocycles. The zero-order valence-electron chi connectivity index (χ0n) is 14.0. The monoisotopic (exact) mass is 340 g/mol. The van der Waals surface area contributed by atoms with Crippen LogP contribution in [0.15, 0.2) is 30.5 Å². The molecule has 0 amide bonds. The highest BCUT2D eigenvalue weighted by Crippen LogP contribution is 2.23. The Labute approximate surface area is 144 Å². The molecule has 2 heterocycles. The fourth-order valence-electron chi connectivity index (χ4n) is 3.09. The van der Waals surface area contributed by atoms with E-state index in [1.807, 2.05) is 31.2 Å². The summed E-state index contributed by atoms with van der Waals surface area (Å²) in [5.41, 5.74) is 2.12. The Balaban J connectivity index is 1.62. The van der Waals surface area contributed by atoms with Gasteiger partial charge < -0.3 is 15.2 Å². The van der Waals surface area contributed by atoms with Crippen molar-refractivity contribution in [1.29, 1.82) is 0 Å². The van der Waals surface area contributed by atoms with E-state index in [-0.39, 0.29) is 12.1 Å². The molecule has 25 heavy (non-hydrogen) atoms. The Bertz CT molecular complexity index is 863. The van der Waals surface area contributed by atoms with Crippen molar-refractivity contribution >= 4 is 17.1 Å². The molecular weight excluding hydrogens is 320 g/mol. The van der Waals surface area contributed by atoms with Gasteiger partial charge in [-0.3, -0.25) is 0 Å². The predicted molar refractivity (Wildman–Crippen MR) is 92.9 cm³/mol. The smallest absolute Gasteiger partial charge is 0.225 e. The van der Waals surface area contributed by atoms with Gasteiger partial charge in [-0.05, 0) is 50.5 Å². The highest BCUT2D eigenvalue weighted by atomic mass is 16.5. The fraction of sp³-hybridized carbons (Fsp3) is 0.412. The van der Waals surface area contributed by atoms with Crippen molar-refractivity contribution in [3.05, 3.63) is 30.5 Å². The molecule has 4 rings (SSSR count). The summed E-state index contributed by atoms with van der Waals surface area (Å²) >= 11 is 0. The van der Waals surface area contributed by atoms with E-state index in [4.69, 9.17) is 4.74 Å². The van der Waals surface area contributed by atoms with Gasteiger partial charge >= 0.3 is 0 Å². The maximum absolute atomic E-state index is 9.65. The zero-order valence-corrected chi connectivity index (χ0v) is 14.0. The Kier molecular flexibility index (Phi) is 4.19. The molecule has 0 spiro atoms. The molecule has 2 aromatic heterocycles. The average Bonchev–Trinajstić information content (AvgIpc) is 3.22. The molecule has 1 saturated carbocycles. The van der Waals surface area contributed by atoms with Crippen molar-refractivity contribution in [3.8, 4) is 11.4 Å². The Morgan fingerprint density at radius 3 is 2.84 bits per heavy atom. The van der Waals surface area contributed by atoms with Gasteiger partial charge in [0.1, 0.15) is 5.75 Å². The van der Waals surface area contributed by atoms with Gasteiger partial charge in [0.05, 0.1) is 24.6 Å². The minimum atomic E-state index is -0.239. The highest BCUT2D eigenvalue weighted by molar-refractivity contribution is 5.72. The minimum absolute atomic E-state index is 0.197. The predicted octanol–water partition coefficient (Wildman–Crippen LogP) is 1.93. The van der Waals surface area contributed by atoms with Crippen LogP contribution in [-0.2, 0) is 0 Å². The lowest BCUT2D eigenvalue weighted by Crippen LogP contribution is -2.18. The van der Waals surface area contributed by atoms with Gasteiger partial charge in [0, 0.05) is 6.04 Å². The number of nitrogens with one attached hydrogen (secondary N) is 1. The SMILES string of the molecule is CCOc1ccc(-n2nnc3cnc(NC4CCC(O)C4)nc32)cc1. The Morgan fingerprint density at radius 2 is 2.12 bits per heavy atom. The number of ether oxygens (including phenoxy) is 1. The van der Waals surface area contributed by atoms with E-state index in [1.165, 1.54) is 0 Å². The van der Waals surface area contributed by atoms with Gasteiger partial charge in [0.15, 0.2) is 11.2 Å². The maximum Gasteiger partial charge on any atom is 0.225 e. The summed E-state index contributed by atoms with van der Waals surface area (Å²) in [5, 5.41) is 21.3. The largest absolute Gasteiger partial charge is 0.494 e. The second kappa shape index (κ2) is 6.64. The molecule has 3 aromatic rings. The number of benzene rings is 1. The van der Waals surface area contributed by atoms with Gasteiger partial charge in [-0.15, -0.1) is 5.10 Å². The quantitative estimate of drug-likeness (QED) is 0.732. The Morgan fingerprint density at radius 1 is 1.28 bits per heavy atom. The third kappa shape index (κ3) is 3.25. The summed E-state index contributed by atoms with van der Waals surface area (Å²) in [6, 6.07) is 7.82. The molecule has 130 valence electrons.